The summed E-state index contributed by atoms with van der Waals surface area (Å²) in [5, 5.41) is 2.96. The van der Waals surface area contributed by atoms with E-state index in [1.165, 1.54) is 24.3 Å². The van der Waals surface area contributed by atoms with Crippen LogP contribution in [0.25, 0.3) is 0 Å². The molecular weight excluding hydrogens is 464 g/mol. The van der Waals surface area contributed by atoms with Crippen LogP contribution >= 0.6 is 11.6 Å². The normalized spacial score (nSPS) is 11.0. The van der Waals surface area contributed by atoms with Gasteiger partial charge in [0, 0.05) is 5.02 Å². The Morgan fingerprint density at radius 3 is 2.36 bits per heavy atom. The molecule has 0 unspecified atom stereocenters. The van der Waals surface area contributed by atoms with E-state index in [0.29, 0.717) is 10.6 Å². The number of carbonyl (C=O) groups is 2. The van der Waals surface area contributed by atoms with Gasteiger partial charge in [0.2, 0.25) is 5.91 Å². The molecule has 0 aliphatic heterocycles. The van der Waals surface area contributed by atoms with Gasteiger partial charge in [0.15, 0.2) is 0 Å². The van der Waals surface area contributed by atoms with Crippen molar-refractivity contribution < 1.29 is 22.7 Å². The van der Waals surface area contributed by atoms with Gasteiger partial charge in [-0.1, -0.05) is 48.0 Å². The van der Waals surface area contributed by atoms with Gasteiger partial charge in [-0.25, -0.2) is 13.2 Å². The molecule has 3 aromatic rings. The number of anilines is 2. The fourth-order valence-corrected chi connectivity index (χ4v) is 4.83. The van der Waals surface area contributed by atoms with E-state index in [4.69, 9.17) is 16.3 Å². The van der Waals surface area contributed by atoms with E-state index in [-0.39, 0.29) is 28.4 Å². The molecule has 0 aliphatic rings. The van der Waals surface area contributed by atoms with E-state index in [1.54, 1.807) is 62.4 Å². The Hall–Kier alpha value is -3.36. The van der Waals surface area contributed by atoms with Crippen LogP contribution in [0.4, 0.5) is 11.4 Å². The molecule has 0 spiro atoms. The van der Waals surface area contributed by atoms with Gasteiger partial charge in [-0.3, -0.25) is 9.10 Å². The second-order valence-electron chi connectivity index (χ2n) is 7.07. The van der Waals surface area contributed by atoms with E-state index in [2.05, 4.69) is 5.32 Å². The standard InChI is InChI=1S/C24H23ClN2O5S/c1-3-32-24(29)20-11-7-8-12-21(20)26-23(28)16-27(22-15-18(25)14-13-17(22)2)33(30,31)19-9-5-4-6-10-19/h4-15H,3,16H2,1-2H3,(H,26,28). The fourth-order valence-electron chi connectivity index (χ4n) is 3.17. The molecule has 0 aromatic heterocycles. The lowest BCUT2D eigenvalue weighted by Crippen LogP contribution is -2.38. The maximum absolute atomic E-state index is 13.5. The number of amides is 1. The molecule has 3 rings (SSSR count). The van der Waals surface area contributed by atoms with Crippen LogP contribution in [0, 0.1) is 6.92 Å². The Morgan fingerprint density at radius 1 is 1.00 bits per heavy atom. The summed E-state index contributed by atoms with van der Waals surface area (Å²) in [6, 6.07) is 19.0. The van der Waals surface area contributed by atoms with Crippen LogP contribution in [0.15, 0.2) is 77.7 Å². The number of halogens is 1. The number of hydrogen-bond donors (Lipinski definition) is 1. The van der Waals surface area contributed by atoms with Gasteiger partial charge in [-0.2, -0.15) is 0 Å². The summed E-state index contributed by atoms with van der Waals surface area (Å²) in [5.41, 5.74) is 1.30. The molecule has 1 amide bonds. The van der Waals surface area contributed by atoms with E-state index in [0.717, 1.165) is 4.31 Å². The Bertz CT molecular complexity index is 1260. The monoisotopic (exact) mass is 486 g/mol. The summed E-state index contributed by atoms with van der Waals surface area (Å²) in [7, 11) is -4.09. The molecular formula is C24H23ClN2O5S. The van der Waals surface area contributed by atoms with Crippen molar-refractivity contribution in [3.05, 3.63) is 88.9 Å². The number of carbonyl (C=O) groups excluding carboxylic acids is 2. The van der Waals surface area contributed by atoms with Crippen molar-refractivity contribution in [1.82, 2.24) is 0 Å². The zero-order chi connectivity index (χ0) is 24.0. The summed E-state index contributed by atoms with van der Waals surface area (Å²) >= 11 is 6.14. The lowest BCUT2D eigenvalue weighted by Gasteiger charge is -2.26. The Labute approximate surface area is 198 Å². The molecule has 0 heterocycles. The molecule has 0 bridgehead atoms. The van der Waals surface area contributed by atoms with Crippen LogP contribution in [-0.4, -0.2) is 33.4 Å². The number of ether oxygens (including phenoxy) is 1. The predicted octanol–water partition coefficient (Wildman–Crippen LogP) is 4.66. The average molecular weight is 487 g/mol. The maximum atomic E-state index is 13.5. The predicted molar refractivity (Wildman–Crippen MR) is 128 cm³/mol. The molecule has 0 atom stereocenters. The van der Waals surface area contributed by atoms with Crippen LogP contribution in [-0.2, 0) is 19.6 Å². The molecule has 0 fully saturated rings. The highest BCUT2D eigenvalue weighted by atomic mass is 35.5. The van der Waals surface area contributed by atoms with Crippen LogP contribution in [0.1, 0.15) is 22.8 Å². The first-order chi connectivity index (χ1) is 15.7. The van der Waals surface area contributed by atoms with Crippen molar-refractivity contribution in [2.75, 3.05) is 22.8 Å². The number of sulfonamides is 1. The van der Waals surface area contributed by atoms with E-state index in [9.17, 15) is 18.0 Å². The number of aryl methyl sites for hydroxylation is 1. The molecule has 0 radical (unpaired) electrons. The molecule has 0 aliphatic carbocycles. The second kappa shape index (κ2) is 10.5. The zero-order valence-electron chi connectivity index (χ0n) is 18.1. The molecule has 1 N–H and O–H groups in total. The number of rotatable bonds is 8. The number of para-hydroxylation sites is 1. The first-order valence-corrected chi connectivity index (χ1v) is 12.0. The van der Waals surface area contributed by atoms with Crippen molar-refractivity contribution in [1.29, 1.82) is 0 Å². The topological polar surface area (TPSA) is 92.8 Å². The van der Waals surface area contributed by atoms with Gasteiger partial charge in [0.25, 0.3) is 10.0 Å². The quantitative estimate of drug-likeness (QED) is 0.467. The van der Waals surface area contributed by atoms with Gasteiger partial charge in [-0.05, 0) is 55.8 Å². The Balaban J connectivity index is 1.98. The highest BCUT2D eigenvalue weighted by molar-refractivity contribution is 7.92. The highest BCUT2D eigenvalue weighted by Crippen LogP contribution is 2.29. The van der Waals surface area contributed by atoms with Gasteiger partial charge in [0.05, 0.1) is 28.4 Å². The van der Waals surface area contributed by atoms with Crippen molar-refractivity contribution in [2.24, 2.45) is 0 Å². The molecule has 0 saturated carbocycles. The summed E-state index contributed by atoms with van der Waals surface area (Å²) in [4.78, 5) is 25.3. The fraction of sp³-hybridized carbons (Fsp3) is 0.167. The Kier molecular flexibility index (Phi) is 7.73. The van der Waals surface area contributed by atoms with Crippen molar-refractivity contribution in [2.45, 2.75) is 18.7 Å². The molecule has 172 valence electrons. The van der Waals surface area contributed by atoms with Crippen LogP contribution in [0.2, 0.25) is 5.02 Å². The first kappa shape index (κ1) is 24.3. The number of nitrogens with zero attached hydrogens (tertiary/aromatic N) is 1. The number of esters is 1. The molecule has 3 aromatic carbocycles. The van der Waals surface area contributed by atoms with Crippen LogP contribution in [0.5, 0.6) is 0 Å². The van der Waals surface area contributed by atoms with E-state index < -0.39 is 28.4 Å². The largest absolute Gasteiger partial charge is 0.462 e. The minimum Gasteiger partial charge on any atom is -0.462 e. The smallest absolute Gasteiger partial charge is 0.340 e. The summed E-state index contributed by atoms with van der Waals surface area (Å²) in [5.74, 6) is -1.22. The third-order valence-corrected chi connectivity index (χ3v) is 6.76. The molecule has 7 nitrogen and oxygen atoms in total. The van der Waals surface area contributed by atoms with E-state index >= 15 is 0 Å². The maximum Gasteiger partial charge on any atom is 0.340 e. The second-order valence-corrected chi connectivity index (χ2v) is 9.37. The minimum atomic E-state index is -4.09. The van der Waals surface area contributed by atoms with Gasteiger partial charge < -0.3 is 10.1 Å². The molecule has 0 saturated heterocycles. The average Bonchev–Trinajstić information content (AvgIpc) is 2.80. The molecule has 9 heteroatoms. The van der Waals surface area contributed by atoms with E-state index in [1.807, 2.05) is 0 Å². The molecule has 33 heavy (non-hydrogen) atoms. The minimum absolute atomic E-state index is 0.0316. The number of hydrogen-bond acceptors (Lipinski definition) is 5. The van der Waals surface area contributed by atoms with Gasteiger partial charge in [0.1, 0.15) is 6.54 Å². The number of benzene rings is 3. The van der Waals surface area contributed by atoms with Gasteiger partial charge >= 0.3 is 5.97 Å². The zero-order valence-corrected chi connectivity index (χ0v) is 19.7. The lowest BCUT2D eigenvalue weighted by molar-refractivity contribution is -0.114. The third kappa shape index (κ3) is 5.71. The van der Waals surface area contributed by atoms with Crippen molar-refractivity contribution >= 4 is 44.9 Å². The van der Waals surface area contributed by atoms with Gasteiger partial charge in [-0.15, -0.1) is 0 Å². The highest BCUT2D eigenvalue weighted by Gasteiger charge is 2.29. The van der Waals surface area contributed by atoms with Crippen molar-refractivity contribution in [3.63, 3.8) is 0 Å². The Morgan fingerprint density at radius 2 is 1.67 bits per heavy atom. The van der Waals surface area contributed by atoms with Crippen LogP contribution in [0.3, 0.4) is 0 Å². The SMILES string of the molecule is CCOC(=O)c1ccccc1NC(=O)CN(c1cc(Cl)ccc1C)S(=O)(=O)c1ccccc1. The van der Waals surface area contributed by atoms with Crippen LogP contribution < -0.4 is 9.62 Å². The summed E-state index contributed by atoms with van der Waals surface area (Å²) in [6.45, 7) is 3.06. The number of nitrogens with one attached hydrogen (secondary N) is 1. The third-order valence-electron chi connectivity index (χ3n) is 4.75. The lowest BCUT2D eigenvalue weighted by atomic mass is 10.1. The summed E-state index contributed by atoms with van der Waals surface area (Å²) in [6.07, 6.45) is 0. The summed E-state index contributed by atoms with van der Waals surface area (Å²) < 4.78 is 33.0. The first-order valence-electron chi connectivity index (χ1n) is 10.1. The van der Waals surface area contributed by atoms with Crippen molar-refractivity contribution in [3.8, 4) is 0 Å².